The number of hydrogen-bond acceptors (Lipinski definition) is 6. The van der Waals surface area contributed by atoms with Crippen LogP contribution in [0.4, 0.5) is 10.1 Å². The number of azo groups is 1. The quantitative estimate of drug-likeness (QED) is 0.423. The van der Waals surface area contributed by atoms with Crippen LogP contribution in [0.25, 0.3) is 5.70 Å². The highest BCUT2D eigenvalue weighted by atomic mass is 32.1. The predicted molar refractivity (Wildman–Crippen MR) is 133 cm³/mol. The highest BCUT2D eigenvalue weighted by Gasteiger charge is 2.35. The number of carbonyl (C=O) groups is 1. The Bertz CT molecular complexity index is 1200. The van der Waals surface area contributed by atoms with E-state index in [1.54, 1.807) is 12.1 Å². The molecular weight excluding hydrogens is 451 g/mol. The van der Waals surface area contributed by atoms with Crippen LogP contribution in [-0.4, -0.2) is 19.0 Å². The molecule has 0 amide bonds. The molecule has 0 bridgehead atoms. The van der Waals surface area contributed by atoms with Crippen LogP contribution in [0.15, 0.2) is 68.7 Å². The maximum atomic E-state index is 13.4. The Morgan fingerprint density at radius 1 is 0.941 bits per heavy atom. The van der Waals surface area contributed by atoms with E-state index in [2.05, 4.69) is 10.2 Å². The number of fused-ring (bicyclic) bond motifs is 1. The average molecular weight is 481 g/mol. The van der Waals surface area contributed by atoms with Gasteiger partial charge in [0.1, 0.15) is 29.6 Å². The topological polar surface area (TPSA) is 60.3 Å². The maximum Gasteiger partial charge on any atom is 0.186 e. The zero-order valence-corrected chi connectivity index (χ0v) is 21.2. The molecule has 0 fully saturated rings. The minimum absolute atomic E-state index is 0.0476. The summed E-state index contributed by atoms with van der Waals surface area (Å²) in [4.78, 5) is 14.2. The van der Waals surface area contributed by atoms with Gasteiger partial charge in [-0.3, -0.25) is 4.79 Å². The smallest absolute Gasteiger partial charge is 0.186 e. The highest BCUT2D eigenvalue weighted by Crippen LogP contribution is 2.47. The second kappa shape index (κ2) is 8.95. The first-order chi connectivity index (χ1) is 15.9. The van der Waals surface area contributed by atoms with E-state index in [9.17, 15) is 9.18 Å². The van der Waals surface area contributed by atoms with Gasteiger partial charge in [0, 0.05) is 22.1 Å². The first-order valence-corrected chi connectivity index (χ1v) is 12.1. The lowest BCUT2D eigenvalue weighted by Gasteiger charge is -2.31. The lowest BCUT2D eigenvalue weighted by atomic mass is 9.71. The predicted octanol–water partition coefficient (Wildman–Crippen LogP) is 7.68. The number of thiophene rings is 1. The molecule has 4 rings (SSSR count). The van der Waals surface area contributed by atoms with Gasteiger partial charge in [0.15, 0.2) is 17.3 Å². The van der Waals surface area contributed by atoms with Crippen LogP contribution >= 0.6 is 11.3 Å². The molecule has 0 atom stereocenters. The molecule has 1 aromatic heterocycles. The number of ketones is 1. The van der Waals surface area contributed by atoms with E-state index in [-0.39, 0.29) is 22.4 Å². The van der Waals surface area contributed by atoms with Gasteiger partial charge < -0.3 is 9.47 Å². The van der Waals surface area contributed by atoms with Gasteiger partial charge in [-0.25, -0.2) is 4.39 Å². The Labute approximate surface area is 203 Å². The standard InChI is InChI=1S/C27H29FN2O3S/c1-26(2,3)19-13-16(14-20(23(19)31)27(4,5)6)22(30-29-18-9-7-17(28)8-10-18)25-24-21(15-34-25)32-11-12-33-24/h7-10,13-15H,11-12H2,1-6H3. The first kappa shape index (κ1) is 24.1. The van der Waals surface area contributed by atoms with Crippen molar-refractivity contribution in [1.82, 2.24) is 0 Å². The third-order valence-corrected chi connectivity index (χ3v) is 6.53. The van der Waals surface area contributed by atoms with E-state index in [4.69, 9.17) is 9.47 Å². The number of halogens is 1. The van der Waals surface area contributed by atoms with Crippen molar-refractivity contribution in [2.24, 2.45) is 21.1 Å². The van der Waals surface area contributed by atoms with Crippen LogP contribution in [0.1, 0.15) is 46.4 Å². The minimum Gasteiger partial charge on any atom is -0.485 e. The monoisotopic (exact) mass is 480 g/mol. The lowest BCUT2D eigenvalue weighted by molar-refractivity contribution is -0.114. The van der Waals surface area contributed by atoms with Crippen LogP contribution in [-0.2, 0) is 4.79 Å². The van der Waals surface area contributed by atoms with E-state index >= 15 is 0 Å². The SMILES string of the molecule is CC(C)(C)C1=CC(=C(N=Nc2ccc(F)cc2)c2scc3c2OCCO3)C=C(C(C)(C)C)C1=O. The van der Waals surface area contributed by atoms with E-state index in [1.807, 2.05) is 59.1 Å². The van der Waals surface area contributed by atoms with Gasteiger partial charge in [-0.2, -0.15) is 5.11 Å². The summed E-state index contributed by atoms with van der Waals surface area (Å²) in [7, 11) is 0. The zero-order chi connectivity index (χ0) is 24.7. The summed E-state index contributed by atoms with van der Waals surface area (Å²) in [5, 5.41) is 10.9. The van der Waals surface area contributed by atoms with Crippen molar-refractivity contribution < 1.29 is 18.7 Å². The van der Waals surface area contributed by atoms with E-state index in [0.717, 1.165) is 10.5 Å². The summed E-state index contributed by atoms with van der Waals surface area (Å²) >= 11 is 1.46. The van der Waals surface area contributed by atoms with Gasteiger partial charge in [0.05, 0.1) is 5.69 Å². The van der Waals surface area contributed by atoms with Crippen molar-refractivity contribution in [3.63, 3.8) is 0 Å². The van der Waals surface area contributed by atoms with Gasteiger partial charge in [0.25, 0.3) is 0 Å². The molecule has 7 heteroatoms. The first-order valence-electron chi connectivity index (χ1n) is 11.2. The Morgan fingerprint density at radius 2 is 1.53 bits per heavy atom. The molecule has 34 heavy (non-hydrogen) atoms. The number of benzene rings is 1. The number of rotatable bonds is 3. The fraction of sp³-hybridized carbons (Fsp3) is 0.370. The summed E-state index contributed by atoms with van der Waals surface area (Å²) in [5.74, 6) is 1.02. The second-order valence-electron chi connectivity index (χ2n) is 10.4. The molecule has 1 aromatic carbocycles. The Balaban J connectivity index is 1.96. The number of hydrogen-bond donors (Lipinski definition) is 0. The van der Waals surface area contributed by atoms with Crippen molar-refractivity contribution in [1.29, 1.82) is 0 Å². The summed E-state index contributed by atoms with van der Waals surface area (Å²) < 4.78 is 25.1. The van der Waals surface area contributed by atoms with Crippen molar-refractivity contribution in [3.8, 4) is 11.5 Å². The summed E-state index contributed by atoms with van der Waals surface area (Å²) in [6.07, 6.45) is 3.82. The van der Waals surface area contributed by atoms with E-state index in [1.165, 1.54) is 23.5 Å². The van der Waals surface area contributed by atoms with Crippen LogP contribution in [0.2, 0.25) is 0 Å². The molecule has 0 N–H and O–H groups in total. The molecule has 2 aliphatic rings. The fourth-order valence-corrected chi connectivity index (χ4v) is 4.69. The molecular formula is C27H29FN2O3S. The summed E-state index contributed by atoms with van der Waals surface area (Å²) in [5.41, 5.74) is 2.59. The Morgan fingerprint density at radius 3 is 2.12 bits per heavy atom. The number of carbonyl (C=O) groups excluding carboxylic acids is 1. The van der Waals surface area contributed by atoms with Crippen LogP contribution in [0.5, 0.6) is 11.5 Å². The Kier molecular flexibility index (Phi) is 6.34. The third kappa shape index (κ3) is 4.89. The largest absolute Gasteiger partial charge is 0.485 e. The Hall–Kier alpha value is -3.06. The van der Waals surface area contributed by atoms with E-state index < -0.39 is 0 Å². The van der Waals surface area contributed by atoms with Crippen molar-refractivity contribution in [3.05, 3.63) is 69.2 Å². The van der Waals surface area contributed by atoms with Crippen LogP contribution < -0.4 is 9.47 Å². The number of Topliss-reactive ketones (excluding diaryl/α,β-unsaturated/α-hetero) is 1. The summed E-state index contributed by atoms with van der Waals surface area (Å²) in [6.45, 7) is 13.1. The minimum atomic E-state index is -0.360. The lowest BCUT2D eigenvalue weighted by Crippen LogP contribution is -2.28. The molecule has 2 aromatic rings. The zero-order valence-electron chi connectivity index (χ0n) is 20.4. The molecule has 1 aliphatic heterocycles. The van der Waals surface area contributed by atoms with Crippen molar-refractivity contribution >= 4 is 28.5 Å². The maximum absolute atomic E-state index is 13.4. The highest BCUT2D eigenvalue weighted by molar-refractivity contribution is 7.11. The molecule has 0 unspecified atom stereocenters. The molecule has 0 saturated heterocycles. The molecule has 5 nitrogen and oxygen atoms in total. The van der Waals surface area contributed by atoms with Gasteiger partial charge in [-0.15, -0.1) is 16.5 Å². The molecule has 2 heterocycles. The molecule has 178 valence electrons. The normalized spacial score (nSPS) is 16.6. The second-order valence-corrected chi connectivity index (χ2v) is 11.3. The van der Waals surface area contributed by atoms with Gasteiger partial charge >= 0.3 is 0 Å². The van der Waals surface area contributed by atoms with Crippen molar-refractivity contribution in [2.75, 3.05) is 13.2 Å². The fourth-order valence-electron chi connectivity index (χ4n) is 3.76. The molecule has 0 saturated carbocycles. The summed E-state index contributed by atoms with van der Waals surface area (Å²) in [6, 6.07) is 5.84. The average Bonchev–Trinajstić information content (AvgIpc) is 3.18. The van der Waals surface area contributed by atoms with E-state index in [0.29, 0.717) is 47.2 Å². The van der Waals surface area contributed by atoms with Crippen LogP contribution in [0, 0.1) is 16.6 Å². The number of ether oxygens (including phenoxy) is 2. The molecule has 0 radical (unpaired) electrons. The molecule has 1 aliphatic carbocycles. The van der Waals surface area contributed by atoms with Gasteiger partial charge in [-0.1, -0.05) is 41.5 Å². The number of nitrogens with zero attached hydrogens (tertiary/aromatic N) is 2. The molecule has 0 spiro atoms. The van der Waals surface area contributed by atoms with Crippen LogP contribution in [0.3, 0.4) is 0 Å². The van der Waals surface area contributed by atoms with Gasteiger partial charge in [-0.05, 0) is 47.2 Å². The third-order valence-electron chi connectivity index (χ3n) is 5.59. The van der Waals surface area contributed by atoms with Crippen molar-refractivity contribution in [2.45, 2.75) is 41.5 Å². The van der Waals surface area contributed by atoms with Gasteiger partial charge in [0.2, 0.25) is 0 Å². The number of allylic oxidation sites excluding steroid dienone is 5.